The molecule has 2 unspecified atom stereocenters. The minimum absolute atomic E-state index is 0.363. The Hall–Kier alpha value is -1.80. The lowest BCUT2D eigenvalue weighted by Gasteiger charge is -2.24. The summed E-state index contributed by atoms with van der Waals surface area (Å²) in [5.41, 5.74) is 2.65. The van der Waals surface area contributed by atoms with Gasteiger partial charge in [-0.05, 0) is 42.6 Å². The van der Waals surface area contributed by atoms with Gasteiger partial charge in [0.25, 0.3) is 0 Å². The number of nitrogens with one attached hydrogen (secondary N) is 1. The van der Waals surface area contributed by atoms with Crippen LogP contribution in [0.25, 0.3) is 0 Å². The monoisotopic (exact) mass is 269 g/mol. The average molecular weight is 269 g/mol. The van der Waals surface area contributed by atoms with Gasteiger partial charge in [0.1, 0.15) is 5.75 Å². The van der Waals surface area contributed by atoms with Gasteiger partial charge >= 0.3 is 0 Å². The molecule has 0 amide bonds. The van der Waals surface area contributed by atoms with E-state index in [1.165, 1.54) is 11.1 Å². The molecular formula is C18H23NO. The maximum atomic E-state index is 5.29. The molecule has 0 bridgehead atoms. The Morgan fingerprint density at radius 2 is 1.80 bits per heavy atom. The van der Waals surface area contributed by atoms with Crippen molar-refractivity contribution < 1.29 is 4.74 Å². The third kappa shape index (κ3) is 3.61. The first-order valence-corrected chi connectivity index (χ1v) is 7.09. The molecule has 0 aliphatic carbocycles. The summed E-state index contributed by atoms with van der Waals surface area (Å²) in [5.74, 6) is 1.44. The van der Waals surface area contributed by atoms with Gasteiger partial charge in [0.15, 0.2) is 0 Å². The second kappa shape index (κ2) is 7.11. The summed E-state index contributed by atoms with van der Waals surface area (Å²) in [4.78, 5) is 0. The molecule has 0 heterocycles. The van der Waals surface area contributed by atoms with Crippen molar-refractivity contribution in [3.05, 3.63) is 65.7 Å². The van der Waals surface area contributed by atoms with E-state index in [1.807, 2.05) is 13.1 Å². The van der Waals surface area contributed by atoms with Gasteiger partial charge in [-0.3, -0.25) is 0 Å². The van der Waals surface area contributed by atoms with Crippen LogP contribution in [0.1, 0.15) is 24.1 Å². The predicted molar refractivity (Wildman–Crippen MR) is 84.1 cm³/mol. The van der Waals surface area contributed by atoms with E-state index >= 15 is 0 Å². The summed E-state index contributed by atoms with van der Waals surface area (Å²) >= 11 is 0. The second-order valence-electron chi connectivity index (χ2n) is 5.21. The molecule has 0 fully saturated rings. The second-order valence-corrected chi connectivity index (χ2v) is 5.21. The number of hydrogen-bond acceptors (Lipinski definition) is 2. The zero-order valence-electron chi connectivity index (χ0n) is 12.5. The zero-order chi connectivity index (χ0) is 14.4. The van der Waals surface area contributed by atoms with Crippen LogP contribution in [-0.4, -0.2) is 14.2 Å². The van der Waals surface area contributed by atoms with Gasteiger partial charge < -0.3 is 10.1 Å². The molecule has 2 atom stereocenters. The smallest absolute Gasteiger partial charge is 0.119 e. The molecule has 2 nitrogen and oxygen atoms in total. The van der Waals surface area contributed by atoms with Gasteiger partial charge in [0, 0.05) is 6.04 Å². The third-order valence-corrected chi connectivity index (χ3v) is 3.73. The SMILES string of the molecule is CNC(c1ccccc1)C(C)Cc1cccc(OC)c1. The van der Waals surface area contributed by atoms with Crippen molar-refractivity contribution in [2.75, 3.05) is 14.2 Å². The van der Waals surface area contributed by atoms with Crippen molar-refractivity contribution in [2.24, 2.45) is 5.92 Å². The highest BCUT2D eigenvalue weighted by atomic mass is 16.5. The molecule has 2 heteroatoms. The van der Waals surface area contributed by atoms with E-state index in [-0.39, 0.29) is 0 Å². The molecule has 20 heavy (non-hydrogen) atoms. The fourth-order valence-electron chi connectivity index (χ4n) is 2.73. The highest BCUT2D eigenvalue weighted by Gasteiger charge is 2.17. The van der Waals surface area contributed by atoms with Crippen LogP contribution in [-0.2, 0) is 6.42 Å². The fraction of sp³-hybridized carbons (Fsp3) is 0.333. The maximum Gasteiger partial charge on any atom is 0.119 e. The van der Waals surface area contributed by atoms with Crippen molar-refractivity contribution in [1.29, 1.82) is 0 Å². The van der Waals surface area contributed by atoms with Gasteiger partial charge in [0.2, 0.25) is 0 Å². The first kappa shape index (κ1) is 14.6. The van der Waals surface area contributed by atoms with E-state index < -0.39 is 0 Å². The van der Waals surface area contributed by atoms with E-state index in [4.69, 9.17) is 4.74 Å². The molecule has 0 saturated heterocycles. The zero-order valence-corrected chi connectivity index (χ0v) is 12.5. The van der Waals surface area contributed by atoms with Crippen LogP contribution < -0.4 is 10.1 Å². The molecule has 2 rings (SSSR count). The van der Waals surface area contributed by atoms with Crippen molar-refractivity contribution in [1.82, 2.24) is 5.32 Å². The minimum Gasteiger partial charge on any atom is -0.497 e. The molecule has 0 radical (unpaired) electrons. The van der Waals surface area contributed by atoms with E-state index in [2.05, 4.69) is 60.8 Å². The van der Waals surface area contributed by atoms with E-state index in [1.54, 1.807) is 7.11 Å². The summed E-state index contributed by atoms with van der Waals surface area (Å²) < 4.78 is 5.29. The van der Waals surface area contributed by atoms with Gasteiger partial charge in [-0.1, -0.05) is 49.4 Å². The summed E-state index contributed by atoms with van der Waals surface area (Å²) in [7, 11) is 3.74. The average Bonchev–Trinajstić information content (AvgIpc) is 2.49. The van der Waals surface area contributed by atoms with Crippen LogP contribution in [0.5, 0.6) is 5.75 Å². The van der Waals surface area contributed by atoms with Crippen molar-refractivity contribution in [2.45, 2.75) is 19.4 Å². The van der Waals surface area contributed by atoms with Gasteiger partial charge in [-0.25, -0.2) is 0 Å². The number of rotatable bonds is 6. The number of benzene rings is 2. The lowest BCUT2D eigenvalue weighted by molar-refractivity contribution is 0.402. The lowest BCUT2D eigenvalue weighted by atomic mass is 9.89. The van der Waals surface area contributed by atoms with Crippen LogP contribution in [0, 0.1) is 5.92 Å². The Bertz CT molecular complexity index is 524. The Labute approximate surface area is 121 Å². The standard InChI is InChI=1S/C18H23NO/c1-14(12-15-8-7-11-17(13-15)20-3)18(19-2)16-9-5-4-6-10-16/h4-11,13-14,18-19H,12H2,1-3H3. The quantitative estimate of drug-likeness (QED) is 0.860. The normalized spacial score (nSPS) is 13.8. The molecule has 2 aromatic carbocycles. The van der Waals surface area contributed by atoms with Crippen LogP contribution in [0.4, 0.5) is 0 Å². The number of ether oxygens (including phenoxy) is 1. The summed E-state index contributed by atoms with van der Waals surface area (Å²) in [6.45, 7) is 2.29. The molecule has 106 valence electrons. The third-order valence-electron chi connectivity index (χ3n) is 3.73. The Morgan fingerprint density at radius 1 is 1.05 bits per heavy atom. The van der Waals surface area contributed by atoms with Crippen LogP contribution in [0.3, 0.4) is 0 Å². The van der Waals surface area contributed by atoms with Crippen LogP contribution >= 0.6 is 0 Å². The maximum absolute atomic E-state index is 5.29. The van der Waals surface area contributed by atoms with Gasteiger partial charge in [-0.15, -0.1) is 0 Å². The molecule has 1 N–H and O–H groups in total. The molecular weight excluding hydrogens is 246 g/mol. The minimum atomic E-state index is 0.363. The molecule has 0 spiro atoms. The molecule has 0 aliphatic heterocycles. The van der Waals surface area contributed by atoms with E-state index in [0.29, 0.717) is 12.0 Å². The lowest BCUT2D eigenvalue weighted by Crippen LogP contribution is -2.24. The highest BCUT2D eigenvalue weighted by molar-refractivity contribution is 5.29. The Kier molecular flexibility index (Phi) is 5.19. The summed E-state index contributed by atoms with van der Waals surface area (Å²) in [6.07, 6.45) is 1.03. The highest BCUT2D eigenvalue weighted by Crippen LogP contribution is 2.25. The van der Waals surface area contributed by atoms with Crippen molar-refractivity contribution in [3.63, 3.8) is 0 Å². The molecule has 2 aromatic rings. The first-order valence-electron chi connectivity index (χ1n) is 7.09. The summed E-state index contributed by atoms with van der Waals surface area (Å²) in [6, 6.07) is 19.3. The number of methoxy groups -OCH3 is 1. The number of hydrogen-bond donors (Lipinski definition) is 1. The fourth-order valence-corrected chi connectivity index (χ4v) is 2.73. The van der Waals surface area contributed by atoms with Gasteiger partial charge in [-0.2, -0.15) is 0 Å². The predicted octanol–water partition coefficient (Wildman–Crippen LogP) is 3.83. The molecule has 0 aromatic heterocycles. The largest absolute Gasteiger partial charge is 0.497 e. The van der Waals surface area contributed by atoms with Crippen molar-refractivity contribution in [3.8, 4) is 5.75 Å². The molecule has 0 aliphatic rings. The Morgan fingerprint density at radius 3 is 2.45 bits per heavy atom. The van der Waals surface area contributed by atoms with Crippen LogP contribution in [0.15, 0.2) is 54.6 Å². The molecule has 0 saturated carbocycles. The topological polar surface area (TPSA) is 21.3 Å². The first-order chi connectivity index (χ1) is 9.74. The van der Waals surface area contributed by atoms with E-state index in [9.17, 15) is 0 Å². The van der Waals surface area contributed by atoms with E-state index in [0.717, 1.165) is 12.2 Å². The summed E-state index contributed by atoms with van der Waals surface area (Å²) in [5, 5.41) is 3.44. The van der Waals surface area contributed by atoms with Crippen molar-refractivity contribution >= 4 is 0 Å². The van der Waals surface area contributed by atoms with Crippen LogP contribution in [0.2, 0.25) is 0 Å². The Balaban J connectivity index is 2.11. The van der Waals surface area contributed by atoms with Gasteiger partial charge in [0.05, 0.1) is 7.11 Å².